The number of aliphatic hydroxyl groups excluding tert-OH is 1. The van der Waals surface area contributed by atoms with Gasteiger partial charge >= 0.3 is 0 Å². The van der Waals surface area contributed by atoms with Crippen LogP contribution in [0.4, 0.5) is 30.8 Å². The SMILES string of the molecule is O[C@H]1CC[C@@H](Nc2ncc3nc(Nc4c(F)cc(F)cc4F)n(C4CCCCC4)c3n2)CC1. The number of hydrogen-bond acceptors (Lipinski definition) is 6. The monoisotopic (exact) mass is 460 g/mol. The Labute approximate surface area is 189 Å². The number of aromatic nitrogens is 4. The Morgan fingerprint density at radius 3 is 2.30 bits per heavy atom. The van der Waals surface area contributed by atoms with Gasteiger partial charge in [0.25, 0.3) is 0 Å². The predicted molar refractivity (Wildman–Crippen MR) is 119 cm³/mol. The zero-order valence-electron chi connectivity index (χ0n) is 18.2. The standard InChI is InChI=1S/C23H27F3N6O/c24-13-10-17(25)20(18(26)11-13)30-23-29-19-12-27-22(28-14-6-8-16(33)9-7-14)31-21(19)32(23)15-4-2-1-3-5-15/h10-12,14-16,33H,1-9H2,(H,29,30)(H,27,28,31)/t14-,16+. The van der Waals surface area contributed by atoms with Crippen LogP contribution in [0.5, 0.6) is 0 Å². The van der Waals surface area contributed by atoms with Gasteiger partial charge in [0.05, 0.1) is 12.3 Å². The topological polar surface area (TPSA) is 87.9 Å². The minimum Gasteiger partial charge on any atom is -0.393 e. The normalized spacial score (nSPS) is 21.9. The Balaban J connectivity index is 1.51. The summed E-state index contributed by atoms with van der Waals surface area (Å²) in [6.07, 6.45) is 9.54. The van der Waals surface area contributed by atoms with Gasteiger partial charge < -0.3 is 15.7 Å². The second-order valence-corrected chi connectivity index (χ2v) is 9.02. The van der Waals surface area contributed by atoms with Crippen LogP contribution in [0.3, 0.4) is 0 Å². The van der Waals surface area contributed by atoms with E-state index in [0.717, 1.165) is 57.8 Å². The number of nitrogens with one attached hydrogen (secondary N) is 2. The maximum atomic E-state index is 14.3. The van der Waals surface area contributed by atoms with Crippen molar-refractivity contribution in [3.05, 3.63) is 35.8 Å². The number of benzene rings is 1. The van der Waals surface area contributed by atoms with Crippen molar-refractivity contribution in [2.75, 3.05) is 10.6 Å². The average Bonchev–Trinajstić information content (AvgIpc) is 3.15. The molecular formula is C23H27F3N6O. The average molecular weight is 461 g/mol. The Hall–Kier alpha value is -2.88. The van der Waals surface area contributed by atoms with Crippen LogP contribution in [-0.4, -0.2) is 36.8 Å². The summed E-state index contributed by atoms with van der Waals surface area (Å²) in [6.45, 7) is 0. The van der Waals surface area contributed by atoms with Gasteiger partial charge in [-0.15, -0.1) is 0 Å². The van der Waals surface area contributed by atoms with Crippen LogP contribution < -0.4 is 10.6 Å². The fourth-order valence-corrected chi connectivity index (χ4v) is 4.91. The van der Waals surface area contributed by atoms with E-state index in [0.29, 0.717) is 29.2 Å². The second kappa shape index (κ2) is 9.17. The van der Waals surface area contributed by atoms with Gasteiger partial charge in [-0.2, -0.15) is 4.98 Å². The fourth-order valence-electron chi connectivity index (χ4n) is 4.91. The molecule has 5 rings (SSSR count). The summed E-state index contributed by atoms with van der Waals surface area (Å²) in [5.74, 6) is -2.31. The first-order chi connectivity index (χ1) is 16.0. The Bertz CT molecular complexity index is 1120. The molecule has 1 aromatic carbocycles. The number of halogens is 3. The molecule has 176 valence electrons. The van der Waals surface area contributed by atoms with Crippen LogP contribution >= 0.6 is 0 Å². The molecular weight excluding hydrogens is 433 g/mol. The number of anilines is 3. The first-order valence-electron chi connectivity index (χ1n) is 11.6. The first-order valence-corrected chi connectivity index (χ1v) is 11.6. The number of nitrogens with zero attached hydrogens (tertiary/aromatic N) is 4. The zero-order valence-corrected chi connectivity index (χ0v) is 18.2. The van der Waals surface area contributed by atoms with E-state index >= 15 is 0 Å². The minimum atomic E-state index is -1.03. The van der Waals surface area contributed by atoms with Crippen LogP contribution in [0.1, 0.15) is 63.8 Å². The third-order valence-electron chi connectivity index (χ3n) is 6.65. The number of imidazole rings is 1. The van der Waals surface area contributed by atoms with Crippen molar-refractivity contribution in [3.8, 4) is 0 Å². The Morgan fingerprint density at radius 2 is 1.61 bits per heavy atom. The van der Waals surface area contributed by atoms with Crippen LogP contribution in [-0.2, 0) is 0 Å². The van der Waals surface area contributed by atoms with Crippen molar-refractivity contribution >= 4 is 28.7 Å². The van der Waals surface area contributed by atoms with E-state index in [9.17, 15) is 18.3 Å². The van der Waals surface area contributed by atoms with E-state index in [4.69, 9.17) is 4.98 Å². The van der Waals surface area contributed by atoms with Crippen molar-refractivity contribution in [2.45, 2.75) is 76.0 Å². The van der Waals surface area contributed by atoms with Gasteiger partial charge in [0.1, 0.15) is 17.0 Å². The zero-order chi connectivity index (χ0) is 22.9. The van der Waals surface area contributed by atoms with E-state index in [1.165, 1.54) is 0 Å². The summed E-state index contributed by atoms with van der Waals surface area (Å²) >= 11 is 0. The van der Waals surface area contributed by atoms with Gasteiger partial charge in [0, 0.05) is 24.2 Å². The second-order valence-electron chi connectivity index (χ2n) is 9.02. The van der Waals surface area contributed by atoms with Gasteiger partial charge in [-0.1, -0.05) is 19.3 Å². The quantitative estimate of drug-likeness (QED) is 0.485. The highest BCUT2D eigenvalue weighted by atomic mass is 19.1. The number of fused-ring (bicyclic) bond motifs is 1. The number of hydrogen-bond donors (Lipinski definition) is 3. The van der Waals surface area contributed by atoms with E-state index < -0.39 is 23.1 Å². The molecule has 0 unspecified atom stereocenters. The summed E-state index contributed by atoms with van der Waals surface area (Å²) in [5, 5.41) is 15.8. The molecule has 2 fully saturated rings. The highest BCUT2D eigenvalue weighted by molar-refractivity contribution is 5.76. The van der Waals surface area contributed by atoms with Crippen molar-refractivity contribution in [1.82, 2.24) is 19.5 Å². The van der Waals surface area contributed by atoms with Gasteiger partial charge in [-0.3, -0.25) is 4.57 Å². The molecule has 2 aliphatic carbocycles. The molecule has 2 aromatic heterocycles. The van der Waals surface area contributed by atoms with Gasteiger partial charge in [-0.05, 0) is 38.5 Å². The fraction of sp³-hybridized carbons (Fsp3) is 0.522. The lowest BCUT2D eigenvalue weighted by Crippen LogP contribution is -2.29. The maximum Gasteiger partial charge on any atom is 0.224 e. The Morgan fingerprint density at radius 1 is 0.909 bits per heavy atom. The molecule has 7 nitrogen and oxygen atoms in total. The smallest absolute Gasteiger partial charge is 0.224 e. The van der Waals surface area contributed by atoms with E-state index in [-0.39, 0.29) is 24.1 Å². The van der Waals surface area contributed by atoms with Crippen molar-refractivity contribution < 1.29 is 18.3 Å². The Kier molecular flexibility index (Phi) is 6.09. The molecule has 3 aromatic rings. The van der Waals surface area contributed by atoms with Crippen LogP contribution in [0.25, 0.3) is 11.2 Å². The maximum absolute atomic E-state index is 14.3. The number of aliphatic hydroxyl groups is 1. The van der Waals surface area contributed by atoms with Gasteiger partial charge in [0.2, 0.25) is 11.9 Å². The molecule has 0 aliphatic heterocycles. The summed E-state index contributed by atoms with van der Waals surface area (Å²) in [6, 6.07) is 1.53. The molecule has 0 amide bonds. The molecule has 0 spiro atoms. The van der Waals surface area contributed by atoms with Crippen molar-refractivity contribution in [2.24, 2.45) is 0 Å². The summed E-state index contributed by atoms with van der Waals surface area (Å²) in [5.41, 5.74) is 0.645. The lowest BCUT2D eigenvalue weighted by atomic mass is 9.93. The molecule has 2 aliphatic rings. The predicted octanol–water partition coefficient (Wildman–Crippen LogP) is 5.21. The largest absolute Gasteiger partial charge is 0.393 e. The molecule has 0 atom stereocenters. The number of rotatable bonds is 5. The third kappa shape index (κ3) is 4.62. The summed E-state index contributed by atoms with van der Waals surface area (Å²) < 4.78 is 44.0. The van der Waals surface area contributed by atoms with Gasteiger partial charge in [0.15, 0.2) is 17.3 Å². The van der Waals surface area contributed by atoms with Crippen LogP contribution in [0.2, 0.25) is 0 Å². The molecule has 33 heavy (non-hydrogen) atoms. The summed E-state index contributed by atoms with van der Waals surface area (Å²) in [7, 11) is 0. The molecule has 3 N–H and O–H groups in total. The first kappa shape index (κ1) is 21.9. The molecule has 0 saturated heterocycles. The van der Waals surface area contributed by atoms with Crippen molar-refractivity contribution in [3.63, 3.8) is 0 Å². The molecule has 2 heterocycles. The van der Waals surface area contributed by atoms with Gasteiger partial charge in [-0.25, -0.2) is 23.1 Å². The molecule has 0 radical (unpaired) electrons. The van der Waals surface area contributed by atoms with Crippen molar-refractivity contribution in [1.29, 1.82) is 0 Å². The highest BCUT2D eigenvalue weighted by Crippen LogP contribution is 2.35. The highest BCUT2D eigenvalue weighted by Gasteiger charge is 2.25. The van der Waals surface area contributed by atoms with E-state index in [2.05, 4.69) is 20.6 Å². The molecule has 10 heteroatoms. The molecule has 0 bridgehead atoms. The van der Waals surface area contributed by atoms with Crippen LogP contribution in [0.15, 0.2) is 18.3 Å². The van der Waals surface area contributed by atoms with Crippen LogP contribution in [0, 0.1) is 17.5 Å². The summed E-state index contributed by atoms with van der Waals surface area (Å²) in [4.78, 5) is 13.6. The molecule has 2 saturated carbocycles. The lowest BCUT2D eigenvalue weighted by molar-refractivity contribution is 0.126. The lowest BCUT2D eigenvalue weighted by Gasteiger charge is -2.26. The van der Waals surface area contributed by atoms with E-state index in [1.54, 1.807) is 6.20 Å². The van der Waals surface area contributed by atoms with E-state index in [1.807, 2.05) is 4.57 Å². The third-order valence-corrected chi connectivity index (χ3v) is 6.65. The minimum absolute atomic E-state index is 0.0744.